The number of hydrogen-bond donors (Lipinski definition) is 2. The summed E-state index contributed by atoms with van der Waals surface area (Å²) >= 11 is 0.742. The van der Waals surface area contributed by atoms with E-state index >= 15 is 0 Å². The highest BCUT2D eigenvalue weighted by Gasteiger charge is 2.41. The van der Waals surface area contributed by atoms with Gasteiger partial charge in [0.1, 0.15) is 5.75 Å². The Hall–Kier alpha value is -4.37. The number of aromatic carboxylic acids is 1. The van der Waals surface area contributed by atoms with Crippen molar-refractivity contribution in [1.29, 1.82) is 0 Å². The van der Waals surface area contributed by atoms with E-state index in [1.54, 1.807) is 43.5 Å². The number of methoxy groups -OCH3 is 1. The minimum Gasteiger partial charge on any atom is -0.870 e. The molecule has 0 spiro atoms. The van der Waals surface area contributed by atoms with Crippen molar-refractivity contribution in [1.82, 2.24) is 14.8 Å². The number of rotatable bonds is 8. The first-order valence-corrected chi connectivity index (χ1v) is 14.2. The third kappa shape index (κ3) is 6.26. The smallest absolute Gasteiger partial charge is 0.433 e. The van der Waals surface area contributed by atoms with E-state index in [2.05, 4.69) is 10.1 Å². The Balaban J connectivity index is 0.00000405. The molecule has 14 heteroatoms. The van der Waals surface area contributed by atoms with Crippen LogP contribution in [-0.2, 0) is 27.8 Å². The molecule has 0 bridgehead atoms. The molecule has 0 aliphatic carbocycles. The van der Waals surface area contributed by atoms with Gasteiger partial charge in [-0.15, -0.1) is 16.5 Å². The van der Waals surface area contributed by atoms with Gasteiger partial charge >= 0.3 is 12.1 Å². The highest BCUT2D eigenvalue weighted by atomic mass is 32.2. The second kappa shape index (κ2) is 12.2. The number of carbonyl (C=O) groups is 1. The van der Waals surface area contributed by atoms with Crippen molar-refractivity contribution in [3.05, 3.63) is 101 Å². The molecular weight excluding hydrogens is 593 g/mol. The molecule has 1 atom stereocenters. The van der Waals surface area contributed by atoms with Crippen molar-refractivity contribution in [2.45, 2.75) is 17.5 Å². The first-order valence-electron chi connectivity index (χ1n) is 12.0. The van der Waals surface area contributed by atoms with E-state index in [1.807, 2.05) is 24.3 Å². The maximum atomic E-state index is 14.7. The van der Waals surface area contributed by atoms with Crippen LogP contribution in [-0.4, -0.2) is 38.4 Å². The van der Waals surface area contributed by atoms with Crippen LogP contribution in [0.4, 0.5) is 13.2 Å². The standard InChI is InChI=1S/C28H21F3N4O4S2.H2O/c1-39-20-7-3-5-18(14-20)17-4-2-6-19(13-17)24-22(12-16-8-10-21(11-9-16)41(32)38)25(28(29,30)31)35(34-24)27-33-23(15-40-27)26(36)37;/h2-11,13-15H,12H2,1H3,(H2,32,38)(H,36,37);1H2. The Bertz CT molecular complexity index is 1770. The molecule has 9 nitrogen and oxygen atoms in total. The Morgan fingerprint density at radius 2 is 1.69 bits per heavy atom. The summed E-state index contributed by atoms with van der Waals surface area (Å²) in [6.07, 6.45) is -5.03. The molecule has 4 N–H and O–H groups in total. The largest absolute Gasteiger partial charge is 0.870 e. The summed E-state index contributed by atoms with van der Waals surface area (Å²) in [6.45, 7) is 0. The number of carboxylic acids is 1. The zero-order valence-corrected chi connectivity index (χ0v) is 23.5. The van der Waals surface area contributed by atoms with Gasteiger partial charge in [-0.1, -0.05) is 46.7 Å². The molecule has 5 rings (SSSR count). The molecule has 0 radical (unpaired) electrons. The molecule has 2 aromatic heterocycles. The number of nitrogens with two attached hydrogens (primary N) is 1. The number of thiazole rings is 1. The van der Waals surface area contributed by atoms with Crippen LogP contribution in [0.3, 0.4) is 0 Å². The second-order valence-corrected chi connectivity index (χ2v) is 10.9. The number of nitrogens with zero attached hydrogens (tertiary/aromatic N) is 3. The van der Waals surface area contributed by atoms with Crippen molar-refractivity contribution in [2.24, 2.45) is 5.14 Å². The maximum absolute atomic E-state index is 14.7. The number of alkyl halides is 3. The predicted molar refractivity (Wildman–Crippen MR) is 152 cm³/mol. The van der Waals surface area contributed by atoms with Gasteiger partial charge in [-0.3, -0.25) is 0 Å². The van der Waals surface area contributed by atoms with Crippen LogP contribution >= 0.6 is 11.3 Å². The summed E-state index contributed by atoms with van der Waals surface area (Å²) < 4.78 is 61.8. The average Bonchev–Trinajstić information content (AvgIpc) is 3.59. The van der Waals surface area contributed by atoms with Crippen molar-refractivity contribution in [3.8, 4) is 33.3 Å². The monoisotopic (exact) mass is 616 g/mol. The molecule has 3 aromatic carbocycles. The third-order valence-electron chi connectivity index (χ3n) is 6.26. The van der Waals surface area contributed by atoms with Gasteiger partial charge in [-0.2, -0.15) is 18.3 Å². The van der Waals surface area contributed by atoms with E-state index in [4.69, 9.17) is 9.88 Å². The van der Waals surface area contributed by atoms with Crippen LogP contribution in [0.25, 0.3) is 27.5 Å². The summed E-state index contributed by atoms with van der Waals surface area (Å²) in [5.41, 5.74) is 0.922. The lowest BCUT2D eigenvalue weighted by Gasteiger charge is -2.12. The highest BCUT2D eigenvalue weighted by molar-refractivity contribution is 7.82. The molecule has 0 amide bonds. The summed E-state index contributed by atoms with van der Waals surface area (Å²) in [5.74, 6) is -0.740. The normalized spacial score (nSPS) is 12.0. The first kappa shape index (κ1) is 30.6. The van der Waals surface area contributed by atoms with Crippen molar-refractivity contribution in [3.63, 3.8) is 0 Å². The van der Waals surface area contributed by atoms with Crippen LogP contribution in [0.2, 0.25) is 0 Å². The zero-order valence-electron chi connectivity index (χ0n) is 21.7. The van der Waals surface area contributed by atoms with E-state index in [-0.39, 0.29) is 34.0 Å². The number of thiol groups is 1. The summed E-state index contributed by atoms with van der Waals surface area (Å²) in [5, 5.41) is 20.0. The molecule has 0 aliphatic rings. The Kier molecular flexibility index (Phi) is 8.92. The number of hydrogen-bond acceptors (Lipinski definition) is 7. The van der Waals surface area contributed by atoms with Gasteiger partial charge in [0.25, 0.3) is 0 Å². The Labute approximate surface area is 243 Å². The maximum Gasteiger partial charge on any atom is 0.433 e. The lowest BCUT2D eigenvalue weighted by molar-refractivity contribution is -0.143. The van der Waals surface area contributed by atoms with Gasteiger partial charge in [-0.05, 0) is 47.0 Å². The number of benzene rings is 3. The van der Waals surface area contributed by atoms with Crippen LogP contribution < -0.4 is 9.88 Å². The summed E-state index contributed by atoms with van der Waals surface area (Å²) in [4.78, 5) is 15.7. The van der Waals surface area contributed by atoms with Crippen molar-refractivity contribution in [2.75, 3.05) is 7.11 Å². The lowest BCUT2D eigenvalue weighted by Crippen LogP contribution is -2.16. The summed E-state index contributed by atoms with van der Waals surface area (Å²) in [6, 6.07) is 20.4. The van der Waals surface area contributed by atoms with Gasteiger partial charge in [-0.25, -0.2) is 14.5 Å². The van der Waals surface area contributed by atoms with Gasteiger partial charge in [0.2, 0.25) is 5.13 Å². The SMILES string of the molecule is COc1cccc(-c2cccc(-c3nn(-c4nc(C(=O)O)cs4)c(C(F)(F)F)c3Cc3ccc([SH+](N)=O)cc3)c2)c1.[OH-]. The van der Waals surface area contributed by atoms with E-state index in [1.165, 1.54) is 12.1 Å². The number of aromatic nitrogens is 3. The molecule has 0 fully saturated rings. The van der Waals surface area contributed by atoms with Crippen LogP contribution in [0, 0.1) is 0 Å². The quantitative estimate of drug-likeness (QED) is 0.167. The fraction of sp³-hybridized carbons (Fsp3) is 0.107. The Morgan fingerprint density at radius 3 is 2.29 bits per heavy atom. The molecular formula is C28H23F3N4O5S2. The van der Waals surface area contributed by atoms with Gasteiger partial charge < -0.3 is 15.3 Å². The van der Waals surface area contributed by atoms with E-state index in [0.29, 0.717) is 26.5 Å². The van der Waals surface area contributed by atoms with Crippen LogP contribution in [0.1, 0.15) is 27.3 Å². The van der Waals surface area contributed by atoms with E-state index < -0.39 is 28.8 Å². The fourth-order valence-corrected chi connectivity index (χ4v) is 5.55. The van der Waals surface area contributed by atoms with Crippen LogP contribution in [0.5, 0.6) is 5.75 Å². The van der Waals surface area contributed by atoms with Crippen molar-refractivity contribution < 1.29 is 37.5 Å². The molecule has 0 saturated heterocycles. The molecule has 5 aromatic rings. The molecule has 218 valence electrons. The molecule has 42 heavy (non-hydrogen) atoms. The van der Waals surface area contributed by atoms with Gasteiger partial charge in [0.05, 0.1) is 12.8 Å². The minimum absolute atomic E-state index is 0. The van der Waals surface area contributed by atoms with Crippen molar-refractivity contribution >= 4 is 28.3 Å². The zero-order chi connectivity index (χ0) is 29.3. The summed E-state index contributed by atoms with van der Waals surface area (Å²) in [7, 11) is -0.562. The van der Waals surface area contributed by atoms with Gasteiger partial charge in [0.15, 0.2) is 27.3 Å². The van der Waals surface area contributed by atoms with Crippen LogP contribution in [0.15, 0.2) is 83.1 Å². The molecule has 1 unspecified atom stereocenters. The first-order chi connectivity index (χ1) is 19.5. The number of ether oxygens (including phenoxy) is 1. The van der Waals surface area contributed by atoms with Gasteiger partial charge in [0, 0.05) is 22.9 Å². The lowest BCUT2D eigenvalue weighted by atomic mass is 9.96. The number of halogens is 3. The molecule has 0 aliphatic heterocycles. The van der Waals surface area contributed by atoms with E-state index in [0.717, 1.165) is 27.8 Å². The third-order valence-corrected chi connectivity index (χ3v) is 7.88. The Morgan fingerprint density at radius 1 is 1.05 bits per heavy atom. The molecule has 0 saturated carbocycles. The predicted octanol–water partition coefficient (Wildman–Crippen LogP) is 5.73. The molecule has 2 heterocycles. The fourth-order valence-electron chi connectivity index (χ4n) is 4.35. The minimum atomic E-state index is -4.86. The second-order valence-electron chi connectivity index (χ2n) is 8.89. The highest BCUT2D eigenvalue weighted by Crippen LogP contribution is 2.40. The number of carboxylic acid groups (broad SMARTS) is 1. The van der Waals surface area contributed by atoms with E-state index in [9.17, 15) is 27.3 Å². The topological polar surface area (TPSA) is 150 Å². The average molecular weight is 617 g/mol.